The molecule has 148 valence electrons. The van der Waals surface area contributed by atoms with E-state index in [1.807, 2.05) is 12.1 Å². The first-order chi connectivity index (χ1) is 14.1. The third kappa shape index (κ3) is 5.44. The molecule has 0 heterocycles. The fraction of sp³-hybridized carbons (Fsp3) is 0.240. The van der Waals surface area contributed by atoms with Gasteiger partial charge < -0.3 is 0 Å². The highest BCUT2D eigenvalue weighted by atomic mass is 32.1. The number of aliphatic imine (C=N–C) groups is 1. The first-order valence-corrected chi connectivity index (χ1v) is 10.3. The van der Waals surface area contributed by atoms with Crippen molar-refractivity contribution < 1.29 is 8.78 Å². The SMILES string of the molecule is CCCCCCc1ccc(-c2ccc(-c3c(F)cc(N=C=S)cc3F)cc2)cc1. The Labute approximate surface area is 176 Å². The second kappa shape index (κ2) is 10.2. The van der Waals surface area contributed by atoms with Crippen LogP contribution < -0.4 is 0 Å². The van der Waals surface area contributed by atoms with Crippen LogP contribution >= 0.6 is 12.2 Å². The number of thiocarbonyl (C=S) groups is 1. The summed E-state index contributed by atoms with van der Waals surface area (Å²) >= 11 is 4.49. The largest absolute Gasteiger partial charge is 0.206 e. The van der Waals surface area contributed by atoms with Gasteiger partial charge in [0.2, 0.25) is 0 Å². The van der Waals surface area contributed by atoms with E-state index in [9.17, 15) is 8.78 Å². The van der Waals surface area contributed by atoms with Gasteiger partial charge in [0.25, 0.3) is 0 Å². The van der Waals surface area contributed by atoms with Crippen molar-refractivity contribution >= 4 is 23.1 Å². The normalized spacial score (nSPS) is 10.6. The summed E-state index contributed by atoms with van der Waals surface area (Å²) in [6.07, 6.45) is 6.11. The minimum Gasteiger partial charge on any atom is -0.206 e. The summed E-state index contributed by atoms with van der Waals surface area (Å²) in [5.74, 6) is -1.34. The van der Waals surface area contributed by atoms with Crippen LogP contribution in [0.2, 0.25) is 0 Å². The van der Waals surface area contributed by atoms with Crippen LogP contribution in [0.5, 0.6) is 0 Å². The lowest BCUT2D eigenvalue weighted by atomic mass is 9.98. The molecule has 3 aromatic carbocycles. The number of aryl methyl sites for hydroxylation is 1. The number of benzene rings is 3. The molecule has 1 nitrogen and oxygen atoms in total. The summed E-state index contributed by atoms with van der Waals surface area (Å²) in [7, 11) is 0. The Morgan fingerprint density at radius 3 is 1.90 bits per heavy atom. The average molecular weight is 408 g/mol. The molecule has 0 aromatic heterocycles. The maximum atomic E-state index is 14.4. The van der Waals surface area contributed by atoms with Gasteiger partial charge in [0.1, 0.15) is 11.6 Å². The Morgan fingerprint density at radius 2 is 1.34 bits per heavy atom. The van der Waals surface area contributed by atoms with E-state index < -0.39 is 11.6 Å². The molecule has 3 aromatic rings. The Hall–Kier alpha value is -2.68. The van der Waals surface area contributed by atoms with Gasteiger partial charge >= 0.3 is 0 Å². The van der Waals surface area contributed by atoms with Crippen LogP contribution in [0.4, 0.5) is 14.5 Å². The number of nitrogens with zero attached hydrogens (tertiary/aromatic N) is 1. The number of unbranched alkanes of at least 4 members (excludes halogenated alkanes) is 3. The highest BCUT2D eigenvalue weighted by Crippen LogP contribution is 2.31. The third-order valence-electron chi connectivity index (χ3n) is 4.98. The maximum absolute atomic E-state index is 14.4. The molecule has 0 bridgehead atoms. The fourth-order valence-corrected chi connectivity index (χ4v) is 3.51. The van der Waals surface area contributed by atoms with E-state index >= 15 is 0 Å². The summed E-state index contributed by atoms with van der Waals surface area (Å²) in [6, 6.07) is 18.1. The second-order valence-electron chi connectivity index (χ2n) is 7.07. The number of hydrogen-bond donors (Lipinski definition) is 0. The van der Waals surface area contributed by atoms with E-state index in [0.29, 0.717) is 5.56 Å². The fourth-order valence-electron chi connectivity index (χ4n) is 3.40. The number of isothiocyanates is 1. The summed E-state index contributed by atoms with van der Waals surface area (Å²) < 4.78 is 28.8. The van der Waals surface area contributed by atoms with Gasteiger partial charge in [0.05, 0.1) is 16.4 Å². The lowest BCUT2D eigenvalue weighted by Crippen LogP contribution is -1.90. The number of rotatable bonds is 8. The predicted molar refractivity (Wildman–Crippen MR) is 120 cm³/mol. The average Bonchev–Trinajstić information content (AvgIpc) is 2.72. The van der Waals surface area contributed by atoms with Gasteiger partial charge in [0, 0.05) is 12.1 Å². The first kappa shape index (κ1) is 21.0. The Balaban J connectivity index is 1.76. The first-order valence-electron chi connectivity index (χ1n) is 9.89. The molecule has 0 fully saturated rings. The molecule has 0 aliphatic carbocycles. The molecule has 0 spiro atoms. The molecule has 0 aliphatic rings. The molecule has 29 heavy (non-hydrogen) atoms. The zero-order valence-corrected chi connectivity index (χ0v) is 17.2. The number of hydrogen-bond acceptors (Lipinski definition) is 2. The monoisotopic (exact) mass is 407 g/mol. The van der Waals surface area contributed by atoms with E-state index in [-0.39, 0.29) is 11.3 Å². The minimum absolute atomic E-state index is 0.0673. The van der Waals surface area contributed by atoms with Crippen molar-refractivity contribution in [2.24, 2.45) is 4.99 Å². The molecule has 3 rings (SSSR count). The summed E-state index contributed by atoms with van der Waals surface area (Å²) in [4.78, 5) is 3.64. The van der Waals surface area contributed by atoms with Crippen molar-refractivity contribution in [3.05, 3.63) is 77.9 Å². The molecule has 0 aliphatic heterocycles. The van der Waals surface area contributed by atoms with Gasteiger partial charge in [-0.25, -0.2) is 8.78 Å². The highest BCUT2D eigenvalue weighted by Gasteiger charge is 2.13. The Morgan fingerprint density at radius 1 is 0.793 bits per heavy atom. The lowest BCUT2D eigenvalue weighted by molar-refractivity contribution is 0.590. The molecule has 0 saturated heterocycles. The summed E-state index contributed by atoms with van der Waals surface area (Å²) in [6.45, 7) is 2.22. The van der Waals surface area contributed by atoms with Crippen LogP contribution in [-0.2, 0) is 6.42 Å². The van der Waals surface area contributed by atoms with Gasteiger partial charge in [-0.2, -0.15) is 4.99 Å². The molecule has 0 saturated carbocycles. The predicted octanol–water partition coefficient (Wildman–Crippen LogP) is 8.16. The molecular formula is C25H23F2NS. The zero-order valence-electron chi connectivity index (χ0n) is 16.4. The van der Waals surface area contributed by atoms with Crippen LogP contribution in [0.15, 0.2) is 65.7 Å². The Bertz CT molecular complexity index is 981. The van der Waals surface area contributed by atoms with Crippen LogP contribution in [0.3, 0.4) is 0 Å². The van der Waals surface area contributed by atoms with E-state index in [0.717, 1.165) is 29.7 Å². The molecule has 0 unspecified atom stereocenters. The highest BCUT2D eigenvalue weighted by molar-refractivity contribution is 7.78. The van der Waals surface area contributed by atoms with Crippen LogP contribution in [0.25, 0.3) is 22.3 Å². The molecule has 0 amide bonds. The standard InChI is InChI=1S/C25H23F2NS/c1-2-3-4-5-6-18-7-9-19(10-8-18)20-11-13-21(14-12-20)25-23(26)15-22(28-17-29)16-24(25)27/h7-16H,2-6H2,1H3. The van der Waals surface area contributed by atoms with Crippen molar-refractivity contribution in [1.29, 1.82) is 0 Å². The Kier molecular flexibility index (Phi) is 7.40. The van der Waals surface area contributed by atoms with Crippen molar-refractivity contribution in [2.75, 3.05) is 0 Å². The van der Waals surface area contributed by atoms with Gasteiger partial charge in [-0.05, 0) is 47.3 Å². The van der Waals surface area contributed by atoms with E-state index in [4.69, 9.17) is 0 Å². The zero-order chi connectivity index (χ0) is 20.6. The van der Waals surface area contributed by atoms with Crippen LogP contribution in [0.1, 0.15) is 38.2 Å². The molecular weight excluding hydrogens is 384 g/mol. The molecule has 0 atom stereocenters. The van der Waals surface area contributed by atoms with Crippen molar-refractivity contribution in [3.8, 4) is 22.3 Å². The third-order valence-corrected chi connectivity index (χ3v) is 5.07. The van der Waals surface area contributed by atoms with Gasteiger partial charge in [0.15, 0.2) is 0 Å². The summed E-state index contributed by atoms with van der Waals surface area (Å²) in [5.41, 5.74) is 3.96. The topological polar surface area (TPSA) is 12.4 Å². The van der Waals surface area contributed by atoms with E-state index in [2.05, 4.69) is 53.6 Å². The quantitative estimate of drug-likeness (QED) is 0.208. The maximum Gasteiger partial charge on any atom is 0.136 e. The van der Waals surface area contributed by atoms with Crippen molar-refractivity contribution in [3.63, 3.8) is 0 Å². The van der Waals surface area contributed by atoms with Crippen molar-refractivity contribution in [1.82, 2.24) is 0 Å². The van der Waals surface area contributed by atoms with Crippen LogP contribution in [-0.4, -0.2) is 5.16 Å². The smallest absolute Gasteiger partial charge is 0.136 e. The molecule has 0 radical (unpaired) electrons. The lowest BCUT2D eigenvalue weighted by Gasteiger charge is -2.09. The molecule has 4 heteroatoms. The van der Waals surface area contributed by atoms with Gasteiger partial charge in [-0.1, -0.05) is 74.7 Å². The van der Waals surface area contributed by atoms with Gasteiger partial charge in [-0.15, -0.1) is 0 Å². The summed E-state index contributed by atoms with van der Waals surface area (Å²) in [5, 5.41) is 2.12. The molecule has 0 N–H and O–H groups in total. The van der Waals surface area contributed by atoms with E-state index in [1.54, 1.807) is 12.1 Å². The second-order valence-corrected chi connectivity index (χ2v) is 7.26. The minimum atomic E-state index is -0.672. The van der Waals surface area contributed by atoms with Crippen molar-refractivity contribution in [2.45, 2.75) is 39.0 Å². The van der Waals surface area contributed by atoms with Crippen LogP contribution in [0, 0.1) is 11.6 Å². The number of halogens is 2. The van der Waals surface area contributed by atoms with Gasteiger partial charge in [-0.3, -0.25) is 0 Å². The van der Waals surface area contributed by atoms with E-state index in [1.165, 1.54) is 31.2 Å².